The van der Waals surface area contributed by atoms with Crippen LogP contribution in [0.3, 0.4) is 0 Å². The zero-order chi connectivity index (χ0) is 15.6. The van der Waals surface area contributed by atoms with Gasteiger partial charge in [-0.1, -0.05) is 32.4 Å². The Hall–Kier alpha value is -0.820. The molecule has 0 aliphatic heterocycles. The molecule has 0 saturated heterocycles. The van der Waals surface area contributed by atoms with Crippen LogP contribution in [0.4, 0.5) is 5.69 Å². The zero-order valence-electron chi connectivity index (χ0n) is 11.9. The number of sulfonamides is 1. The van der Waals surface area contributed by atoms with E-state index in [9.17, 15) is 8.42 Å². The lowest BCUT2D eigenvalue weighted by Crippen LogP contribution is -2.44. The van der Waals surface area contributed by atoms with Crippen molar-refractivity contribution >= 4 is 27.3 Å². The molecule has 7 heteroatoms. The molecule has 0 amide bonds. The fraction of sp³-hybridized carbons (Fsp3) is 0.538. The van der Waals surface area contributed by atoms with Crippen molar-refractivity contribution in [2.45, 2.75) is 38.1 Å². The molecule has 114 valence electrons. The molecule has 0 spiro atoms. The van der Waals surface area contributed by atoms with E-state index in [0.29, 0.717) is 11.4 Å². The highest BCUT2D eigenvalue weighted by Crippen LogP contribution is 2.26. The van der Waals surface area contributed by atoms with Gasteiger partial charge in [0.05, 0.1) is 5.69 Å². The van der Waals surface area contributed by atoms with Crippen molar-refractivity contribution in [1.29, 1.82) is 0 Å². The summed E-state index contributed by atoms with van der Waals surface area (Å²) in [6, 6.07) is 3.85. The molecule has 0 aromatic heterocycles. The van der Waals surface area contributed by atoms with Gasteiger partial charge in [0.15, 0.2) is 0 Å². The van der Waals surface area contributed by atoms with Crippen molar-refractivity contribution in [2.75, 3.05) is 12.3 Å². The molecule has 0 aliphatic rings. The second-order valence-electron chi connectivity index (χ2n) is 5.73. The molecule has 0 bridgehead atoms. The van der Waals surface area contributed by atoms with Gasteiger partial charge in [-0.05, 0) is 30.0 Å². The normalized spacial score (nSPS) is 14.2. The number of aliphatic hydroxyl groups is 1. The van der Waals surface area contributed by atoms with Gasteiger partial charge < -0.3 is 10.8 Å². The summed E-state index contributed by atoms with van der Waals surface area (Å²) in [5.41, 5.74) is 5.49. The van der Waals surface area contributed by atoms with Crippen LogP contribution in [0.2, 0.25) is 5.02 Å². The van der Waals surface area contributed by atoms with E-state index in [4.69, 9.17) is 22.4 Å². The van der Waals surface area contributed by atoms with Gasteiger partial charge in [-0.25, -0.2) is 13.1 Å². The summed E-state index contributed by atoms with van der Waals surface area (Å²) in [6.45, 7) is 5.61. The minimum Gasteiger partial charge on any atom is -0.398 e. The van der Waals surface area contributed by atoms with Crippen molar-refractivity contribution in [3.05, 3.63) is 23.2 Å². The molecule has 0 radical (unpaired) electrons. The van der Waals surface area contributed by atoms with E-state index in [1.165, 1.54) is 18.2 Å². The average Bonchev–Trinajstić information content (AvgIpc) is 2.26. The third-order valence-electron chi connectivity index (χ3n) is 3.02. The quantitative estimate of drug-likeness (QED) is 0.723. The average molecular weight is 321 g/mol. The standard InChI is InChI=1S/C13H21ClN2O3S/c1-13(2,3)12(6-7-17)16-20(18,19)11-5-4-9(14)8-10(11)15/h4-5,8,12,16-17H,6-7,15H2,1-3H3. The smallest absolute Gasteiger partial charge is 0.242 e. The largest absolute Gasteiger partial charge is 0.398 e. The Kier molecular flexibility index (Phi) is 5.43. The van der Waals surface area contributed by atoms with Gasteiger partial charge in [-0.15, -0.1) is 0 Å². The molecular weight excluding hydrogens is 300 g/mol. The fourth-order valence-electron chi connectivity index (χ4n) is 1.81. The Morgan fingerprint density at radius 2 is 2.00 bits per heavy atom. The third kappa shape index (κ3) is 4.34. The summed E-state index contributed by atoms with van der Waals surface area (Å²) in [7, 11) is -3.76. The first kappa shape index (κ1) is 17.2. The number of nitrogens with one attached hydrogen (secondary N) is 1. The summed E-state index contributed by atoms with van der Waals surface area (Å²) in [4.78, 5) is -0.00547. The van der Waals surface area contributed by atoms with Crippen molar-refractivity contribution in [1.82, 2.24) is 4.72 Å². The van der Waals surface area contributed by atoms with Gasteiger partial charge in [-0.3, -0.25) is 0 Å². The molecule has 5 nitrogen and oxygen atoms in total. The molecule has 20 heavy (non-hydrogen) atoms. The molecule has 1 aromatic carbocycles. The van der Waals surface area contributed by atoms with E-state index >= 15 is 0 Å². The number of nitrogen functional groups attached to an aromatic ring is 1. The second kappa shape index (κ2) is 6.30. The highest BCUT2D eigenvalue weighted by Gasteiger charge is 2.30. The lowest BCUT2D eigenvalue weighted by molar-refractivity contribution is 0.214. The molecule has 0 fully saturated rings. The van der Waals surface area contributed by atoms with Crippen molar-refractivity contribution in [3.8, 4) is 0 Å². The van der Waals surface area contributed by atoms with Crippen LogP contribution in [-0.2, 0) is 10.0 Å². The highest BCUT2D eigenvalue weighted by atomic mass is 35.5. The molecule has 4 N–H and O–H groups in total. The molecule has 1 unspecified atom stereocenters. The van der Waals surface area contributed by atoms with Gasteiger partial charge in [0.25, 0.3) is 0 Å². The summed E-state index contributed by atoms with van der Waals surface area (Å²) in [6.07, 6.45) is 0.330. The number of nitrogens with two attached hydrogens (primary N) is 1. The number of rotatable bonds is 5. The van der Waals surface area contributed by atoms with Crippen molar-refractivity contribution in [2.24, 2.45) is 5.41 Å². The number of hydrogen-bond donors (Lipinski definition) is 3. The molecule has 1 atom stereocenters. The summed E-state index contributed by atoms with van der Waals surface area (Å²) in [5, 5.41) is 9.46. The molecule has 0 saturated carbocycles. The van der Waals surface area contributed by atoms with Crippen molar-refractivity contribution in [3.63, 3.8) is 0 Å². The first-order chi connectivity index (χ1) is 9.08. The maximum atomic E-state index is 12.4. The van der Waals surface area contributed by atoms with Crippen LogP contribution in [0.15, 0.2) is 23.1 Å². The van der Waals surface area contributed by atoms with Gasteiger partial charge >= 0.3 is 0 Å². The Labute approximate surface area is 125 Å². The van der Waals surface area contributed by atoms with E-state index in [1.54, 1.807) is 0 Å². The van der Waals surface area contributed by atoms with E-state index < -0.39 is 16.1 Å². The molecule has 1 aromatic rings. The first-order valence-corrected chi connectivity index (χ1v) is 8.12. The van der Waals surface area contributed by atoms with E-state index in [1.807, 2.05) is 20.8 Å². The van der Waals surface area contributed by atoms with E-state index in [-0.39, 0.29) is 22.6 Å². The SMILES string of the molecule is CC(C)(C)C(CCO)NS(=O)(=O)c1ccc(Cl)cc1N. The molecule has 0 aliphatic carbocycles. The van der Waals surface area contributed by atoms with Crippen LogP contribution in [0, 0.1) is 5.41 Å². The minimum absolute atomic E-state index is 0.00547. The maximum absolute atomic E-state index is 12.4. The number of benzene rings is 1. The fourth-order valence-corrected chi connectivity index (χ4v) is 3.58. The van der Waals surface area contributed by atoms with Crippen LogP contribution < -0.4 is 10.5 Å². The zero-order valence-corrected chi connectivity index (χ0v) is 13.4. The monoisotopic (exact) mass is 320 g/mol. The lowest BCUT2D eigenvalue weighted by atomic mass is 9.86. The maximum Gasteiger partial charge on any atom is 0.242 e. The Morgan fingerprint density at radius 3 is 2.45 bits per heavy atom. The van der Waals surface area contributed by atoms with Gasteiger partial charge in [0.2, 0.25) is 10.0 Å². The molecular formula is C13H21ClN2O3S. The molecule has 1 rings (SSSR count). The number of aliphatic hydroxyl groups excluding tert-OH is 1. The summed E-state index contributed by atoms with van der Waals surface area (Å²) in [5.74, 6) is 0. The van der Waals surface area contributed by atoms with Crippen LogP contribution in [0.5, 0.6) is 0 Å². The van der Waals surface area contributed by atoms with Crippen LogP contribution in [0.25, 0.3) is 0 Å². The van der Waals surface area contributed by atoms with Gasteiger partial charge in [0, 0.05) is 17.7 Å². The van der Waals surface area contributed by atoms with Gasteiger partial charge in [0.1, 0.15) is 4.90 Å². The third-order valence-corrected chi connectivity index (χ3v) is 4.80. The highest BCUT2D eigenvalue weighted by molar-refractivity contribution is 7.89. The lowest BCUT2D eigenvalue weighted by Gasteiger charge is -2.31. The summed E-state index contributed by atoms with van der Waals surface area (Å²) < 4.78 is 27.4. The first-order valence-electron chi connectivity index (χ1n) is 6.26. The van der Waals surface area contributed by atoms with Crippen LogP contribution in [0.1, 0.15) is 27.2 Å². The van der Waals surface area contributed by atoms with Gasteiger partial charge in [-0.2, -0.15) is 0 Å². The number of halogens is 1. The predicted molar refractivity (Wildman–Crippen MR) is 81.1 cm³/mol. The predicted octanol–water partition coefficient (Wildman–Crippen LogP) is 2.00. The van der Waals surface area contributed by atoms with E-state index in [0.717, 1.165) is 0 Å². The number of anilines is 1. The summed E-state index contributed by atoms with van der Waals surface area (Å²) >= 11 is 5.77. The van der Waals surface area contributed by atoms with E-state index in [2.05, 4.69) is 4.72 Å². The Morgan fingerprint density at radius 1 is 1.40 bits per heavy atom. The number of hydrogen-bond acceptors (Lipinski definition) is 4. The Balaban J connectivity index is 3.10. The minimum atomic E-state index is -3.76. The Bertz CT molecular complexity index is 567. The topological polar surface area (TPSA) is 92.4 Å². The van der Waals surface area contributed by atoms with Crippen LogP contribution >= 0.6 is 11.6 Å². The second-order valence-corrected chi connectivity index (χ2v) is 7.85. The van der Waals surface area contributed by atoms with Crippen molar-refractivity contribution < 1.29 is 13.5 Å². The van der Waals surface area contributed by atoms with Crippen LogP contribution in [-0.4, -0.2) is 26.2 Å². The molecule has 0 heterocycles.